The highest BCUT2D eigenvalue weighted by atomic mass is 32.1. The molecule has 0 spiro atoms. The van der Waals surface area contributed by atoms with Gasteiger partial charge in [-0.1, -0.05) is 13.8 Å². The fourth-order valence-corrected chi connectivity index (χ4v) is 2.46. The second-order valence-electron chi connectivity index (χ2n) is 4.58. The lowest BCUT2D eigenvalue weighted by Crippen LogP contribution is -2.46. The van der Waals surface area contributed by atoms with Crippen molar-refractivity contribution in [3.63, 3.8) is 0 Å². The van der Waals surface area contributed by atoms with E-state index in [0.717, 1.165) is 18.0 Å². The second kappa shape index (κ2) is 5.51. The molecule has 0 aromatic carbocycles. The second-order valence-corrected chi connectivity index (χ2v) is 5.50. The summed E-state index contributed by atoms with van der Waals surface area (Å²) in [6, 6.07) is 2.06. The van der Waals surface area contributed by atoms with Crippen molar-refractivity contribution in [1.82, 2.24) is 5.32 Å². The number of rotatable bonds is 4. The molecule has 0 amide bonds. The van der Waals surface area contributed by atoms with Crippen molar-refractivity contribution < 1.29 is 9.53 Å². The molecule has 1 aromatic heterocycles. The van der Waals surface area contributed by atoms with Crippen LogP contribution in [0.5, 0.6) is 0 Å². The zero-order valence-electron chi connectivity index (χ0n) is 10.2. The zero-order chi connectivity index (χ0) is 12.3. The summed E-state index contributed by atoms with van der Waals surface area (Å²) in [5.41, 5.74) is 1.21. The highest BCUT2D eigenvalue weighted by Gasteiger charge is 2.25. The van der Waals surface area contributed by atoms with Crippen LogP contribution in [0.3, 0.4) is 0 Å². The number of hydrogen-bond acceptors (Lipinski definition) is 5. The van der Waals surface area contributed by atoms with Crippen LogP contribution in [0.2, 0.25) is 0 Å². The largest absolute Gasteiger partial charge is 0.463 e. The van der Waals surface area contributed by atoms with Crippen molar-refractivity contribution in [2.45, 2.75) is 33.0 Å². The number of ether oxygens (including phenoxy) is 1. The van der Waals surface area contributed by atoms with Crippen LogP contribution in [0.4, 0.5) is 5.00 Å². The van der Waals surface area contributed by atoms with Crippen molar-refractivity contribution >= 4 is 22.3 Å². The highest BCUT2D eigenvalue weighted by Crippen LogP contribution is 2.26. The lowest BCUT2D eigenvalue weighted by molar-refractivity contribution is -0.145. The summed E-state index contributed by atoms with van der Waals surface area (Å²) in [4.78, 5) is 11.8. The van der Waals surface area contributed by atoms with E-state index in [4.69, 9.17) is 4.74 Å². The number of hydrogen-bond donors (Lipinski definition) is 2. The van der Waals surface area contributed by atoms with Crippen molar-refractivity contribution in [2.75, 3.05) is 11.9 Å². The van der Waals surface area contributed by atoms with Crippen LogP contribution in [0, 0.1) is 5.92 Å². The van der Waals surface area contributed by atoms with Gasteiger partial charge in [0.05, 0.1) is 11.6 Å². The van der Waals surface area contributed by atoms with Crippen LogP contribution in [-0.2, 0) is 16.1 Å². The first kappa shape index (κ1) is 12.4. The van der Waals surface area contributed by atoms with E-state index in [-0.39, 0.29) is 5.97 Å². The van der Waals surface area contributed by atoms with E-state index in [1.54, 1.807) is 11.3 Å². The Morgan fingerprint density at radius 1 is 1.65 bits per heavy atom. The van der Waals surface area contributed by atoms with E-state index < -0.39 is 6.17 Å². The van der Waals surface area contributed by atoms with E-state index in [0.29, 0.717) is 12.5 Å². The Bertz CT molecular complexity index is 390. The van der Waals surface area contributed by atoms with E-state index in [1.165, 1.54) is 5.56 Å². The molecular formula is C12H18N2O2S. The molecule has 17 heavy (non-hydrogen) atoms. The van der Waals surface area contributed by atoms with E-state index in [1.807, 2.05) is 5.38 Å². The van der Waals surface area contributed by atoms with Crippen molar-refractivity contribution in [3.05, 3.63) is 17.0 Å². The van der Waals surface area contributed by atoms with Crippen LogP contribution in [0.1, 0.15) is 25.8 Å². The number of thiophene rings is 1. The molecule has 94 valence electrons. The van der Waals surface area contributed by atoms with Crippen LogP contribution >= 0.6 is 11.3 Å². The maximum absolute atomic E-state index is 11.8. The summed E-state index contributed by atoms with van der Waals surface area (Å²) in [6.07, 6.45) is 0.496. The SMILES string of the molecule is CC(C)CCOC(=O)C1NCc2ccsc2N1. The van der Waals surface area contributed by atoms with Gasteiger partial charge in [-0.3, -0.25) is 5.32 Å². The van der Waals surface area contributed by atoms with Crippen molar-refractivity contribution in [3.8, 4) is 0 Å². The van der Waals surface area contributed by atoms with Gasteiger partial charge in [-0.15, -0.1) is 11.3 Å². The van der Waals surface area contributed by atoms with Gasteiger partial charge < -0.3 is 10.1 Å². The predicted molar refractivity (Wildman–Crippen MR) is 69.0 cm³/mol. The molecule has 4 nitrogen and oxygen atoms in total. The van der Waals surface area contributed by atoms with Gasteiger partial charge in [0.2, 0.25) is 0 Å². The molecule has 1 aliphatic heterocycles. The molecular weight excluding hydrogens is 236 g/mol. The van der Waals surface area contributed by atoms with Gasteiger partial charge in [0.1, 0.15) is 0 Å². The summed E-state index contributed by atoms with van der Waals surface area (Å²) in [7, 11) is 0. The highest BCUT2D eigenvalue weighted by molar-refractivity contribution is 7.14. The molecule has 0 saturated heterocycles. The van der Waals surface area contributed by atoms with Crippen molar-refractivity contribution in [2.24, 2.45) is 5.92 Å². The van der Waals surface area contributed by atoms with Crippen LogP contribution in [0.25, 0.3) is 0 Å². The number of fused-ring (bicyclic) bond motifs is 1. The van der Waals surface area contributed by atoms with Crippen LogP contribution < -0.4 is 10.6 Å². The Balaban J connectivity index is 1.82. The average molecular weight is 254 g/mol. The van der Waals surface area contributed by atoms with Crippen molar-refractivity contribution in [1.29, 1.82) is 0 Å². The Kier molecular flexibility index (Phi) is 4.02. The standard InChI is InChI=1S/C12H18N2O2S/c1-8(2)3-5-16-12(15)10-13-7-9-4-6-17-11(9)14-10/h4,6,8,10,13-14H,3,5,7H2,1-2H3. The first-order valence-corrected chi connectivity index (χ1v) is 6.77. The molecule has 2 N–H and O–H groups in total. The number of carbonyl (C=O) groups excluding carboxylic acids is 1. The first-order valence-electron chi connectivity index (χ1n) is 5.89. The van der Waals surface area contributed by atoms with Gasteiger partial charge in [-0.2, -0.15) is 0 Å². The van der Waals surface area contributed by atoms with Gasteiger partial charge in [0, 0.05) is 12.1 Å². The summed E-state index contributed by atoms with van der Waals surface area (Å²) in [6.45, 7) is 5.44. The monoisotopic (exact) mass is 254 g/mol. The van der Waals surface area contributed by atoms with Gasteiger partial charge in [-0.05, 0) is 23.8 Å². The maximum atomic E-state index is 11.8. The van der Waals surface area contributed by atoms with Crippen LogP contribution in [0.15, 0.2) is 11.4 Å². The molecule has 0 saturated carbocycles. The number of esters is 1. The molecule has 0 aliphatic carbocycles. The molecule has 1 unspecified atom stereocenters. The van der Waals surface area contributed by atoms with Crippen LogP contribution in [-0.4, -0.2) is 18.7 Å². The van der Waals surface area contributed by atoms with Gasteiger partial charge >= 0.3 is 5.97 Å². The minimum Gasteiger partial charge on any atom is -0.463 e. The smallest absolute Gasteiger partial charge is 0.343 e. The first-order chi connectivity index (χ1) is 8.16. The zero-order valence-corrected chi connectivity index (χ0v) is 11.0. The quantitative estimate of drug-likeness (QED) is 0.809. The number of anilines is 1. The van der Waals surface area contributed by atoms with E-state index >= 15 is 0 Å². The normalized spacial score (nSPS) is 18.6. The Hall–Kier alpha value is -1.07. The van der Waals surface area contributed by atoms with Gasteiger partial charge in [-0.25, -0.2) is 4.79 Å². The third-order valence-corrected chi connectivity index (χ3v) is 3.58. The summed E-state index contributed by atoms with van der Waals surface area (Å²) in [5, 5.41) is 9.35. The summed E-state index contributed by atoms with van der Waals surface area (Å²) in [5.74, 6) is 0.337. The molecule has 0 bridgehead atoms. The molecule has 1 aromatic rings. The number of carbonyl (C=O) groups is 1. The minimum atomic E-state index is -0.409. The minimum absolute atomic E-state index is 0.218. The van der Waals surface area contributed by atoms with Gasteiger partial charge in [0.15, 0.2) is 6.17 Å². The van der Waals surface area contributed by atoms with E-state index in [2.05, 4.69) is 30.5 Å². The number of nitrogens with one attached hydrogen (secondary N) is 2. The fraction of sp³-hybridized carbons (Fsp3) is 0.583. The Morgan fingerprint density at radius 2 is 2.47 bits per heavy atom. The average Bonchev–Trinajstić information content (AvgIpc) is 2.75. The topological polar surface area (TPSA) is 50.4 Å². The summed E-state index contributed by atoms with van der Waals surface area (Å²) >= 11 is 1.62. The molecule has 2 heterocycles. The Labute approximate surface area is 105 Å². The molecule has 1 atom stereocenters. The predicted octanol–water partition coefficient (Wildman–Crippen LogP) is 2.18. The Morgan fingerprint density at radius 3 is 3.24 bits per heavy atom. The maximum Gasteiger partial charge on any atom is 0.343 e. The van der Waals surface area contributed by atoms with E-state index in [9.17, 15) is 4.79 Å². The molecule has 0 radical (unpaired) electrons. The summed E-state index contributed by atoms with van der Waals surface area (Å²) < 4.78 is 5.22. The van der Waals surface area contributed by atoms with Gasteiger partial charge in [0.25, 0.3) is 0 Å². The molecule has 5 heteroatoms. The third kappa shape index (κ3) is 3.20. The molecule has 2 rings (SSSR count). The lowest BCUT2D eigenvalue weighted by atomic mass is 10.1. The fourth-order valence-electron chi connectivity index (χ4n) is 1.62. The lowest BCUT2D eigenvalue weighted by Gasteiger charge is -2.24. The molecule has 0 fully saturated rings. The molecule has 1 aliphatic rings. The third-order valence-electron chi connectivity index (χ3n) is 2.69.